The van der Waals surface area contributed by atoms with E-state index in [-0.39, 0.29) is 29.2 Å². The van der Waals surface area contributed by atoms with Crippen molar-refractivity contribution < 1.29 is 17.2 Å². The first-order valence-corrected chi connectivity index (χ1v) is 11.8. The molecule has 0 saturated heterocycles. The summed E-state index contributed by atoms with van der Waals surface area (Å²) in [6, 6.07) is 4.87. The van der Waals surface area contributed by atoms with Crippen LogP contribution < -0.4 is 15.2 Å². The minimum Gasteiger partial charge on any atom is -0.345 e. The van der Waals surface area contributed by atoms with Crippen molar-refractivity contribution in [1.82, 2.24) is 14.5 Å². The van der Waals surface area contributed by atoms with Gasteiger partial charge in [-0.15, -0.1) is 0 Å². The molecule has 0 atom stereocenters. The van der Waals surface area contributed by atoms with Crippen LogP contribution in [0.15, 0.2) is 47.7 Å². The van der Waals surface area contributed by atoms with Gasteiger partial charge in [0.05, 0.1) is 29.9 Å². The van der Waals surface area contributed by atoms with Gasteiger partial charge in [0.25, 0.3) is 5.56 Å². The van der Waals surface area contributed by atoms with Crippen LogP contribution in [-0.2, 0) is 23.6 Å². The summed E-state index contributed by atoms with van der Waals surface area (Å²) in [5.41, 5.74) is 2.33. The van der Waals surface area contributed by atoms with Gasteiger partial charge >= 0.3 is 0 Å². The molecule has 5 rings (SSSR count). The van der Waals surface area contributed by atoms with E-state index in [1.165, 1.54) is 19.2 Å². The smallest absolute Gasteiger partial charge is 0.272 e. The highest BCUT2D eigenvalue weighted by molar-refractivity contribution is 7.92. The van der Waals surface area contributed by atoms with Gasteiger partial charge in [-0.3, -0.25) is 9.52 Å². The lowest BCUT2D eigenvalue weighted by Crippen LogP contribution is -2.21. The molecule has 1 aromatic carbocycles. The molecule has 4 heterocycles. The lowest BCUT2D eigenvalue weighted by atomic mass is 10.0. The van der Waals surface area contributed by atoms with Crippen LogP contribution in [0.2, 0.25) is 0 Å². The van der Waals surface area contributed by atoms with Crippen LogP contribution in [0.3, 0.4) is 0 Å². The molecule has 0 saturated carbocycles. The Kier molecular flexibility index (Phi) is 4.74. The first kappa shape index (κ1) is 21.1. The van der Waals surface area contributed by atoms with E-state index in [2.05, 4.69) is 14.7 Å². The molecule has 170 valence electrons. The minimum atomic E-state index is -3.56. The van der Waals surface area contributed by atoms with E-state index in [1.54, 1.807) is 35.0 Å². The second kappa shape index (κ2) is 7.41. The predicted molar refractivity (Wildman–Crippen MR) is 122 cm³/mol. The molecule has 0 amide bonds. The monoisotopic (exact) mass is 471 g/mol. The van der Waals surface area contributed by atoms with E-state index in [4.69, 9.17) is 0 Å². The molecular formula is C22H19F2N5O3S. The summed E-state index contributed by atoms with van der Waals surface area (Å²) >= 11 is 0. The van der Waals surface area contributed by atoms with E-state index in [0.29, 0.717) is 33.4 Å². The van der Waals surface area contributed by atoms with E-state index < -0.39 is 21.7 Å². The fourth-order valence-electron chi connectivity index (χ4n) is 4.17. The molecule has 33 heavy (non-hydrogen) atoms. The number of benzene rings is 1. The Labute approximate surface area is 187 Å². The maximum absolute atomic E-state index is 14.8. The molecule has 1 aliphatic rings. The average Bonchev–Trinajstić information content (AvgIpc) is 3.06. The van der Waals surface area contributed by atoms with Gasteiger partial charge in [-0.2, -0.15) is 0 Å². The number of hydrogen-bond donors (Lipinski definition) is 2. The number of halogens is 2. The van der Waals surface area contributed by atoms with Gasteiger partial charge < -0.3 is 14.5 Å². The molecule has 0 unspecified atom stereocenters. The first-order chi connectivity index (χ1) is 15.7. The number of hydrogen-bond acceptors (Lipinski definition) is 5. The predicted octanol–water partition coefficient (Wildman–Crippen LogP) is 3.62. The number of aromatic amines is 1. The van der Waals surface area contributed by atoms with E-state index in [0.717, 1.165) is 12.1 Å². The highest BCUT2D eigenvalue weighted by Crippen LogP contribution is 2.44. The van der Waals surface area contributed by atoms with Crippen molar-refractivity contribution in [2.75, 3.05) is 15.4 Å². The first-order valence-electron chi connectivity index (χ1n) is 10.1. The summed E-state index contributed by atoms with van der Waals surface area (Å²) in [7, 11) is -1.83. The second-order valence-corrected chi connectivity index (χ2v) is 9.81. The minimum absolute atomic E-state index is 0.0981. The SMILES string of the molecule is CCS(=O)(=O)Nc1cnc2c(c1)-c1cn(C)c3c(=O)[nH]cc(c13)CN2c1ccc(F)cc1F. The third kappa shape index (κ3) is 3.44. The maximum Gasteiger partial charge on any atom is 0.272 e. The molecule has 1 aliphatic heterocycles. The fraction of sp³-hybridized carbons (Fsp3) is 0.182. The van der Waals surface area contributed by atoms with Gasteiger partial charge in [0.2, 0.25) is 10.0 Å². The van der Waals surface area contributed by atoms with E-state index >= 15 is 0 Å². The topological polar surface area (TPSA) is 100 Å². The van der Waals surface area contributed by atoms with Crippen molar-refractivity contribution in [1.29, 1.82) is 0 Å². The molecule has 11 heteroatoms. The van der Waals surface area contributed by atoms with Gasteiger partial charge in [0, 0.05) is 42.0 Å². The lowest BCUT2D eigenvalue weighted by Gasteiger charge is -2.25. The summed E-state index contributed by atoms with van der Waals surface area (Å²) < 4.78 is 56.8. The number of fused-ring (bicyclic) bond motifs is 2. The fourth-order valence-corrected chi connectivity index (χ4v) is 4.79. The summed E-state index contributed by atoms with van der Waals surface area (Å²) in [6.45, 7) is 1.66. The van der Waals surface area contributed by atoms with Crippen molar-refractivity contribution in [3.8, 4) is 11.1 Å². The van der Waals surface area contributed by atoms with Crippen LogP contribution in [-0.4, -0.2) is 28.7 Å². The summed E-state index contributed by atoms with van der Waals surface area (Å²) in [6.07, 6.45) is 4.67. The van der Waals surface area contributed by atoms with Crippen molar-refractivity contribution in [3.63, 3.8) is 0 Å². The van der Waals surface area contributed by atoms with Crippen LogP contribution in [0.25, 0.3) is 22.0 Å². The Balaban J connectivity index is 1.82. The van der Waals surface area contributed by atoms with Gasteiger partial charge in [-0.05, 0) is 30.7 Å². The van der Waals surface area contributed by atoms with Crippen LogP contribution in [0.5, 0.6) is 0 Å². The molecule has 0 spiro atoms. The average molecular weight is 471 g/mol. The molecule has 4 aromatic rings. The zero-order valence-electron chi connectivity index (χ0n) is 17.7. The molecule has 0 fully saturated rings. The van der Waals surface area contributed by atoms with Crippen LogP contribution in [0.1, 0.15) is 12.5 Å². The van der Waals surface area contributed by atoms with Crippen LogP contribution in [0.4, 0.5) is 26.0 Å². The lowest BCUT2D eigenvalue weighted by molar-refractivity contribution is 0.582. The molecular weight excluding hydrogens is 452 g/mol. The van der Waals surface area contributed by atoms with Crippen molar-refractivity contribution >= 4 is 38.1 Å². The Morgan fingerprint density at radius 2 is 2.00 bits per heavy atom. The van der Waals surface area contributed by atoms with E-state index in [9.17, 15) is 22.0 Å². The summed E-state index contributed by atoms with van der Waals surface area (Å²) in [4.78, 5) is 21.3. The van der Waals surface area contributed by atoms with Gasteiger partial charge in [-0.1, -0.05) is 0 Å². The van der Waals surface area contributed by atoms with Gasteiger partial charge in [-0.25, -0.2) is 22.2 Å². The standard InChI is InChI=1S/C22H19F2N5O3S/c1-3-33(31,32)27-14-7-15-16-11-28(2)20-19(16)12(8-26-22(20)30)10-29(21(15)25-9-14)18-5-4-13(23)6-17(18)24/h4-9,11,27H,3,10H2,1-2H3,(H,26,30). The Hall–Kier alpha value is -3.73. The molecule has 8 nitrogen and oxygen atoms in total. The summed E-state index contributed by atoms with van der Waals surface area (Å²) in [5.74, 6) is -1.26. The third-order valence-corrected chi connectivity index (χ3v) is 7.00. The molecule has 0 aliphatic carbocycles. The zero-order valence-corrected chi connectivity index (χ0v) is 18.5. The number of nitrogens with one attached hydrogen (secondary N) is 2. The number of aryl methyl sites for hydroxylation is 1. The number of aromatic nitrogens is 3. The highest BCUT2D eigenvalue weighted by Gasteiger charge is 2.28. The highest BCUT2D eigenvalue weighted by atomic mass is 32.2. The Morgan fingerprint density at radius 1 is 1.21 bits per heavy atom. The Bertz CT molecular complexity index is 1590. The van der Waals surface area contributed by atoms with Crippen molar-refractivity contribution in [3.05, 3.63) is 70.4 Å². The number of sulfonamides is 1. The number of nitrogens with zero attached hydrogens (tertiary/aromatic N) is 3. The van der Waals surface area contributed by atoms with Gasteiger partial charge in [0.1, 0.15) is 23.0 Å². The second-order valence-electron chi connectivity index (χ2n) is 7.80. The van der Waals surface area contributed by atoms with Gasteiger partial charge in [0.15, 0.2) is 0 Å². The number of anilines is 3. The third-order valence-electron chi connectivity index (χ3n) is 5.69. The molecule has 3 aromatic heterocycles. The normalized spacial score (nSPS) is 13.2. The maximum atomic E-state index is 14.8. The Morgan fingerprint density at radius 3 is 2.73 bits per heavy atom. The molecule has 2 N–H and O–H groups in total. The molecule has 0 radical (unpaired) electrons. The van der Waals surface area contributed by atoms with Crippen molar-refractivity contribution in [2.24, 2.45) is 7.05 Å². The quantitative estimate of drug-likeness (QED) is 0.474. The number of rotatable bonds is 4. The van der Waals surface area contributed by atoms with Crippen molar-refractivity contribution in [2.45, 2.75) is 13.5 Å². The number of pyridine rings is 2. The molecule has 0 bridgehead atoms. The number of H-pyrrole nitrogens is 1. The summed E-state index contributed by atoms with van der Waals surface area (Å²) in [5, 5.41) is 0.657. The van der Waals surface area contributed by atoms with Crippen LogP contribution >= 0.6 is 0 Å². The van der Waals surface area contributed by atoms with Crippen LogP contribution in [0, 0.1) is 11.6 Å². The largest absolute Gasteiger partial charge is 0.345 e. The zero-order chi connectivity index (χ0) is 23.5. The van der Waals surface area contributed by atoms with E-state index in [1.807, 2.05) is 0 Å².